The fourth-order valence-corrected chi connectivity index (χ4v) is 1.90. The van der Waals surface area contributed by atoms with Crippen LogP contribution in [0.1, 0.15) is 11.7 Å². The molecule has 0 saturated carbocycles. The largest absolute Gasteiger partial charge is 0.435 e. The molecule has 0 aliphatic heterocycles. The predicted molar refractivity (Wildman–Crippen MR) is 62.6 cm³/mol. The van der Waals surface area contributed by atoms with Crippen LogP contribution < -0.4 is 4.74 Å². The molecule has 1 rings (SSSR count). The molecule has 3 nitrogen and oxygen atoms in total. The van der Waals surface area contributed by atoms with Gasteiger partial charge in [0.15, 0.2) is 0 Å². The Kier molecular flexibility index (Phi) is 5.80. The Morgan fingerprint density at radius 3 is 2.71 bits per heavy atom. The van der Waals surface area contributed by atoms with Gasteiger partial charge in [0.25, 0.3) is 0 Å². The number of hydrogen-bond donors (Lipinski definition) is 1. The third-order valence-corrected chi connectivity index (χ3v) is 2.86. The zero-order chi connectivity index (χ0) is 12.8. The first-order valence-corrected chi connectivity index (χ1v) is 5.82. The Morgan fingerprint density at radius 1 is 1.41 bits per heavy atom. The SMILES string of the molecule is COCC(Br)C(O)c1cccc(OC(F)F)c1. The summed E-state index contributed by atoms with van der Waals surface area (Å²) in [5.74, 6) is 0.0219. The zero-order valence-electron chi connectivity index (χ0n) is 9.15. The summed E-state index contributed by atoms with van der Waals surface area (Å²) in [6, 6.07) is 5.96. The zero-order valence-corrected chi connectivity index (χ0v) is 10.7. The van der Waals surface area contributed by atoms with E-state index in [1.165, 1.54) is 19.2 Å². The predicted octanol–water partition coefficient (Wildman–Crippen LogP) is 2.73. The smallest absolute Gasteiger partial charge is 0.387 e. The first kappa shape index (κ1) is 14.3. The fraction of sp³-hybridized carbons (Fsp3) is 0.455. The Balaban J connectivity index is 2.76. The number of aliphatic hydroxyl groups is 1. The van der Waals surface area contributed by atoms with Gasteiger partial charge in [0, 0.05) is 7.11 Å². The van der Waals surface area contributed by atoms with E-state index >= 15 is 0 Å². The first-order valence-electron chi connectivity index (χ1n) is 4.90. The van der Waals surface area contributed by atoms with Gasteiger partial charge in [-0.25, -0.2) is 0 Å². The third-order valence-electron chi connectivity index (χ3n) is 2.09. The minimum absolute atomic E-state index is 0.0219. The molecule has 0 amide bonds. The maximum absolute atomic E-state index is 12.0. The summed E-state index contributed by atoms with van der Waals surface area (Å²) < 4.78 is 33.2. The van der Waals surface area contributed by atoms with E-state index in [4.69, 9.17) is 4.74 Å². The quantitative estimate of drug-likeness (QED) is 0.821. The Hall–Kier alpha value is -0.720. The number of alkyl halides is 3. The van der Waals surface area contributed by atoms with Crippen LogP contribution in [0.2, 0.25) is 0 Å². The monoisotopic (exact) mass is 310 g/mol. The second kappa shape index (κ2) is 6.88. The maximum Gasteiger partial charge on any atom is 0.387 e. The highest BCUT2D eigenvalue weighted by molar-refractivity contribution is 9.09. The average Bonchev–Trinajstić information content (AvgIpc) is 2.28. The number of rotatable bonds is 6. The molecule has 1 N–H and O–H groups in total. The molecule has 1 aromatic carbocycles. The van der Waals surface area contributed by atoms with E-state index in [1.54, 1.807) is 12.1 Å². The van der Waals surface area contributed by atoms with Crippen LogP contribution in [0.5, 0.6) is 5.75 Å². The van der Waals surface area contributed by atoms with E-state index in [2.05, 4.69) is 20.7 Å². The Morgan fingerprint density at radius 2 is 2.12 bits per heavy atom. The number of benzene rings is 1. The average molecular weight is 311 g/mol. The second-order valence-corrected chi connectivity index (χ2v) is 4.54. The van der Waals surface area contributed by atoms with Crippen molar-refractivity contribution in [2.75, 3.05) is 13.7 Å². The molecule has 1 aromatic rings. The minimum atomic E-state index is -2.87. The summed E-state index contributed by atoms with van der Waals surface area (Å²) >= 11 is 3.25. The maximum atomic E-state index is 12.0. The number of ether oxygens (including phenoxy) is 2. The molecule has 0 fully saturated rings. The highest BCUT2D eigenvalue weighted by Gasteiger charge is 2.18. The van der Waals surface area contributed by atoms with E-state index in [-0.39, 0.29) is 10.6 Å². The molecule has 0 radical (unpaired) electrons. The van der Waals surface area contributed by atoms with E-state index in [9.17, 15) is 13.9 Å². The van der Waals surface area contributed by atoms with Crippen molar-refractivity contribution in [2.24, 2.45) is 0 Å². The van der Waals surface area contributed by atoms with Crippen molar-refractivity contribution >= 4 is 15.9 Å². The van der Waals surface area contributed by atoms with Gasteiger partial charge in [0.05, 0.1) is 17.5 Å². The Bertz CT molecular complexity index is 349. The van der Waals surface area contributed by atoms with E-state index < -0.39 is 12.7 Å². The minimum Gasteiger partial charge on any atom is -0.435 e. The molecular weight excluding hydrogens is 298 g/mol. The highest BCUT2D eigenvalue weighted by atomic mass is 79.9. The summed E-state index contributed by atoms with van der Waals surface area (Å²) in [6.45, 7) is -2.57. The van der Waals surface area contributed by atoms with Gasteiger partial charge < -0.3 is 14.6 Å². The van der Waals surface area contributed by atoms with Gasteiger partial charge in [-0.1, -0.05) is 28.1 Å². The molecular formula is C11H13BrF2O3. The van der Waals surface area contributed by atoms with Crippen molar-refractivity contribution in [1.29, 1.82) is 0 Å². The molecule has 2 atom stereocenters. The van der Waals surface area contributed by atoms with Crippen LogP contribution in [0.25, 0.3) is 0 Å². The molecule has 0 spiro atoms. The number of methoxy groups -OCH3 is 1. The fourth-order valence-electron chi connectivity index (χ4n) is 1.33. The normalized spacial score (nSPS) is 14.7. The summed E-state index contributed by atoms with van der Waals surface area (Å²) in [6.07, 6.45) is -0.851. The summed E-state index contributed by atoms with van der Waals surface area (Å²) in [5, 5.41) is 9.91. The van der Waals surface area contributed by atoms with E-state index in [0.29, 0.717) is 12.2 Å². The topological polar surface area (TPSA) is 38.7 Å². The van der Waals surface area contributed by atoms with Crippen LogP contribution in [0.4, 0.5) is 8.78 Å². The van der Waals surface area contributed by atoms with Gasteiger partial charge in [-0.2, -0.15) is 8.78 Å². The van der Waals surface area contributed by atoms with Crippen LogP contribution in [0.3, 0.4) is 0 Å². The van der Waals surface area contributed by atoms with Gasteiger partial charge >= 0.3 is 6.61 Å². The number of hydrogen-bond acceptors (Lipinski definition) is 3. The lowest BCUT2D eigenvalue weighted by atomic mass is 10.1. The standard InChI is InChI=1S/C11H13BrF2O3/c1-16-6-9(12)10(15)7-3-2-4-8(5-7)17-11(13)14/h2-5,9-11,15H,6H2,1H3. The van der Waals surface area contributed by atoms with Gasteiger partial charge in [-0.15, -0.1) is 0 Å². The number of aliphatic hydroxyl groups excluding tert-OH is 1. The molecule has 17 heavy (non-hydrogen) atoms. The lowest BCUT2D eigenvalue weighted by Crippen LogP contribution is -2.17. The van der Waals surface area contributed by atoms with Crippen molar-refractivity contribution in [3.8, 4) is 5.75 Å². The molecule has 2 unspecified atom stereocenters. The molecule has 0 saturated heterocycles. The molecule has 0 heterocycles. The van der Waals surface area contributed by atoms with Crippen molar-refractivity contribution in [3.05, 3.63) is 29.8 Å². The molecule has 0 aliphatic carbocycles. The molecule has 0 aromatic heterocycles. The van der Waals surface area contributed by atoms with Crippen LogP contribution in [0.15, 0.2) is 24.3 Å². The summed E-state index contributed by atoms with van der Waals surface area (Å²) in [7, 11) is 1.51. The van der Waals surface area contributed by atoms with Crippen molar-refractivity contribution in [2.45, 2.75) is 17.5 Å². The van der Waals surface area contributed by atoms with Gasteiger partial charge in [0.2, 0.25) is 0 Å². The molecule has 0 aliphatic rings. The van der Waals surface area contributed by atoms with E-state index in [0.717, 1.165) is 0 Å². The van der Waals surface area contributed by atoms with Gasteiger partial charge in [0.1, 0.15) is 5.75 Å². The van der Waals surface area contributed by atoms with Crippen molar-refractivity contribution in [3.63, 3.8) is 0 Å². The second-order valence-electron chi connectivity index (χ2n) is 3.37. The summed E-state index contributed by atoms with van der Waals surface area (Å²) in [5.41, 5.74) is 0.488. The van der Waals surface area contributed by atoms with Crippen LogP contribution in [-0.2, 0) is 4.74 Å². The van der Waals surface area contributed by atoms with Gasteiger partial charge in [-0.05, 0) is 17.7 Å². The van der Waals surface area contributed by atoms with E-state index in [1.807, 2.05) is 0 Å². The van der Waals surface area contributed by atoms with Crippen LogP contribution in [-0.4, -0.2) is 30.3 Å². The van der Waals surface area contributed by atoms with Crippen LogP contribution >= 0.6 is 15.9 Å². The molecule has 96 valence electrons. The first-order chi connectivity index (χ1) is 8.04. The molecule has 0 bridgehead atoms. The third kappa shape index (κ3) is 4.57. The van der Waals surface area contributed by atoms with Crippen molar-refractivity contribution < 1.29 is 23.4 Å². The van der Waals surface area contributed by atoms with Gasteiger partial charge in [-0.3, -0.25) is 0 Å². The summed E-state index contributed by atoms with van der Waals surface area (Å²) in [4.78, 5) is -0.311. The lowest BCUT2D eigenvalue weighted by molar-refractivity contribution is -0.0500. The highest BCUT2D eigenvalue weighted by Crippen LogP contribution is 2.26. The van der Waals surface area contributed by atoms with Crippen LogP contribution in [0, 0.1) is 0 Å². The van der Waals surface area contributed by atoms with Crippen molar-refractivity contribution in [1.82, 2.24) is 0 Å². The molecule has 6 heteroatoms. The Labute approximate surface area is 106 Å². The lowest BCUT2D eigenvalue weighted by Gasteiger charge is -2.17. The number of halogens is 3.